The fraction of sp³-hybridized carbons (Fsp3) is 0.385. The minimum Gasteiger partial charge on any atom is -0.334 e. The Labute approximate surface area is 126 Å². The number of nitro benzene ring substituents is 1. The molecule has 0 aliphatic rings. The minimum atomic E-state index is -0.724. The molecule has 0 fully saturated rings. The molecule has 21 heavy (non-hydrogen) atoms. The monoisotopic (exact) mass is 310 g/mol. The summed E-state index contributed by atoms with van der Waals surface area (Å²) in [5.74, 6) is 0.316. The van der Waals surface area contributed by atoms with E-state index in [1.54, 1.807) is 0 Å². The molecule has 112 valence electrons. The van der Waals surface area contributed by atoms with Gasteiger partial charge in [0.15, 0.2) is 5.82 Å². The van der Waals surface area contributed by atoms with Gasteiger partial charge in [0.25, 0.3) is 11.6 Å². The number of hydrogen-bond acceptors (Lipinski definition) is 6. The lowest BCUT2D eigenvalue weighted by atomic mass is 9.93. The molecule has 0 spiro atoms. The first-order valence-electron chi connectivity index (χ1n) is 6.49. The van der Waals surface area contributed by atoms with Crippen LogP contribution in [0.4, 0.5) is 5.69 Å². The van der Waals surface area contributed by atoms with E-state index in [1.165, 1.54) is 18.2 Å². The summed E-state index contributed by atoms with van der Waals surface area (Å²) in [6.45, 7) is 3.83. The lowest BCUT2D eigenvalue weighted by Gasteiger charge is -2.21. The van der Waals surface area contributed by atoms with E-state index >= 15 is 0 Å². The second kappa shape index (κ2) is 5.79. The van der Waals surface area contributed by atoms with Crippen LogP contribution >= 0.6 is 11.6 Å². The molecule has 1 heterocycles. The maximum Gasteiger partial charge on any atom is 0.283 e. The Morgan fingerprint density at radius 3 is 2.67 bits per heavy atom. The van der Waals surface area contributed by atoms with Crippen LogP contribution in [0.5, 0.6) is 0 Å². The van der Waals surface area contributed by atoms with Gasteiger partial charge in [0.2, 0.25) is 0 Å². The third-order valence-electron chi connectivity index (χ3n) is 3.54. The van der Waals surface area contributed by atoms with Gasteiger partial charge >= 0.3 is 0 Å². The molecule has 2 aromatic rings. The SMILES string of the molecule is CCC(N)(CC)c1noc(-c2c(Cl)cccc2[N+](=O)[O-])n1. The van der Waals surface area contributed by atoms with Crippen molar-refractivity contribution >= 4 is 17.3 Å². The van der Waals surface area contributed by atoms with Gasteiger partial charge in [-0.2, -0.15) is 4.98 Å². The van der Waals surface area contributed by atoms with E-state index < -0.39 is 10.5 Å². The quantitative estimate of drug-likeness (QED) is 0.670. The van der Waals surface area contributed by atoms with Crippen molar-refractivity contribution in [3.05, 3.63) is 39.2 Å². The Balaban J connectivity index is 2.55. The molecule has 0 unspecified atom stereocenters. The van der Waals surface area contributed by atoms with Crippen molar-refractivity contribution in [2.45, 2.75) is 32.2 Å². The zero-order valence-electron chi connectivity index (χ0n) is 11.7. The van der Waals surface area contributed by atoms with E-state index in [1.807, 2.05) is 13.8 Å². The van der Waals surface area contributed by atoms with E-state index in [0.29, 0.717) is 18.7 Å². The summed E-state index contributed by atoms with van der Waals surface area (Å²) in [4.78, 5) is 14.8. The summed E-state index contributed by atoms with van der Waals surface area (Å²) in [5, 5.41) is 15.1. The van der Waals surface area contributed by atoms with Crippen LogP contribution in [-0.2, 0) is 5.54 Å². The highest BCUT2D eigenvalue weighted by atomic mass is 35.5. The predicted octanol–water partition coefficient (Wildman–Crippen LogP) is 3.27. The van der Waals surface area contributed by atoms with E-state index in [4.69, 9.17) is 21.9 Å². The van der Waals surface area contributed by atoms with Gasteiger partial charge in [-0.25, -0.2) is 0 Å². The molecule has 2 N–H and O–H groups in total. The molecule has 1 aromatic heterocycles. The van der Waals surface area contributed by atoms with E-state index in [0.717, 1.165) is 0 Å². The molecule has 1 aromatic carbocycles. The molecule has 0 radical (unpaired) electrons. The largest absolute Gasteiger partial charge is 0.334 e. The van der Waals surface area contributed by atoms with Crippen molar-refractivity contribution in [2.75, 3.05) is 0 Å². The number of hydrogen-bond donors (Lipinski definition) is 1. The van der Waals surface area contributed by atoms with Gasteiger partial charge in [-0.1, -0.05) is 36.7 Å². The molecule has 2 rings (SSSR count). The van der Waals surface area contributed by atoms with Crippen molar-refractivity contribution < 1.29 is 9.45 Å². The Morgan fingerprint density at radius 1 is 1.43 bits per heavy atom. The number of aromatic nitrogens is 2. The first-order valence-corrected chi connectivity index (χ1v) is 6.87. The maximum absolute atomic E-state index is 11.1. The number of rotatable bonds is 5. The Kier molecular flexibility index (Phi) is 4.24. The number of nitrogens with two attached hydrogens (primary N) is 1. The lowest BCUT2D eigenvalue weighted by molar-refractivity contribution is -0.384. The normalized spacial score (nSPS) is 11.6. The zero-order chi connectivity index (χ0) is 15.6. The third-order valence-corrected chi connectivity index (χ3v) is 3.85. The van der Waals surface area contributed by atoms with Crippen molar-refractivity contribution in [3.8, 4) is 11.5 Å². The van der Waals surface area contributed by atoms with Gasteiger partial charge < -0.3 is 10.3 Å². The van der Waals surface area contributed by atoms with Crippen LogP contribution in [-0.4, -0.2) is 15.1 Å². The van der Waals surface area contributed by atoms with Crippen LogP contribution in [0.1, 0.15) is 32.5 Å². The maximum atomic E-state index is 11.1. The van der Waals surface area contributed by atoms with Crippen LogP contribution in [0.3, 0.4) is 0 Å². The summed E-state index contributed by atoms with van der Waals surface area (Å²) < 4.78 is 5.14. The number of nitrogens with zero attached hydrogens (tertiary/aromatic N) is 3. The van der Waals surface area contributed by atoms with Gasteiger partial charge in [0.1, 0.15) is 5.56 Å². The standard InChI is InChI=1S/C13H15ClN4O3/c1-3-13(15,4-2)12-16-11(21-17-12)10-8(14)6-5-7-9(10)18(19)20/h5-7H,3-4,15H2,1-2H3. The molecule has 0 bridgehead atoms. The fourth-order valence-electron chi connectivity index (χ4n) is 1.97. The highest BCUT2D eigenvalue weighted by Crippen LogP contribution is 2.36. The molecule has 8 heteroatoms. The van der Waals surface area contributed by atoms with Crippen LogP contribution in [0, 0.1) is 10.1 Å². The van der Waals surface area contributed by atoms with Gasteiger partial charge in [-0.3, -0.25) is 10.1 Å². The number of nitro groups is 1. The topological polar surface area (TPSA) is 108 Å². The van der Waals surface area contributed by atoms with Gasteiger partial charge in [-0.05, 0) is 18.9 Å². The summed E-state index contributed by atoms with van der Waals surface area (Å²) >= 11 is 6.04. The van der Waals surface area contributed by atoms with Gasteiger partial charge in [0.05, 0.1) is 15.5 Å². The molecule has 0 saturated carbocycles. The molecule has 0 atom stereocenters. The van der Waals surface area contributed by atoms with Crippen molar-refractivity contribution in [1.82, 2.24) is 10.1 Å². The number of benzene rings is 1. The Bertz CT molecular complexity index is 667. The molecule has 0 aliphatic heterocycles. The number of halogens is 1. The molecule has 7 nitrogen and oxygen atoms in total. The molecular weight excluding hydrogens is 296 g/mol. The summed E-state index contributed by atoms with van der Waals surface area (Å²) in [6.07, 6.45) is 1.24. The summed E-state index contributed by atoms with van der Waals surface area (Å²) in [7, 11) is 0. The first kappa shape index (κ1) is 15.4. The minimum absolute atomic E-state index is 0.000903. The molecule has 0 saturated heterocycles. The van der Waals surface area contributed by atoms with Crippen LogP contribution in [0.25, 0.3) is 11.5 Å². The van der Waals surface area contributed by atoms with Crippen LogP contribution < -0.4 is 5.73 Å². The molecule has 0 amide bonds. The Hall–Kier alpha value is -1.99. The van der Waals surface area contributed by atoms with Crippen LogP contribution in [0.2, 0.25) is 5.02 Å². The average molecular weight is 311 g/mol. The molecular formula is C13H15ClN4O3. The highest BCUT2D eigenvalue weighted by Gasteiger charge is 2.31. The summed E-state index contributed by atoms with van der Waals surface area (Å²) in [6, 6.07) is 4.36. The Morgan fingerprint density at radius 2 is 2.10 bits per heavy atom. The van der Waals surface area contributed by atoms with Gasteiger partial charge in [-0.15, -0.1) is 0 Å². The predicted molar refractivity (Wildman–Crippen MR) is 77.8 cm³/mol. The van der Waals surface area contributed by atoms with E-state index in [2.05, 4.69) is 10.1 Å². The van der Waals surface area contributed by atoms with Crippen LogP contribution in [0.15, 0.2) is 22.7 Å². The van der Waals surface area contributed by atoms with Crippen molar-refractivity contribution in [2.24, 2.45) is 5.73 Å². The van der Waals surface area contributed by atoms with Gasteiger partial charge in [0, 0.05) is 6.07 Å². The second-order valence-corrected chi connectivity index (χ2v) is 5.08. The zero-order valence-corrected chi connectivity index (χ0v) is 12.4. The second-order valence-electron chi connectivity index (χ2n) is 4.68. The molecule has 0 aliphatic carbocycles. The van der Waals surface area contributed by atoms with E-state index in [9.17, 15) is 10.1 Å². The fourth-order valence-corrected chi connectivity index (χ4v) is 2.22. The average Bonchev–Trinajstić information content (AvgIpc) is 2.96. The first-order chi connectivity index (χ1) is 9.92. The lowest BCUT2D eigenvalue weighted by Crippen LogP contribution is -2.36. The highest BCUT2D eigenvalue weighted by molar-refractivity contribution is 6.33. The van der Waals surface area contributed by atoms with E-state index in [-0.39, 0.29) is 22.2 Å². The van der Waals surface area contributed by atoms with Crippen molar-refractivity contribution in [3.63, 3.8) is 0 Å². The smallest absolute Gasteiger partial charge is 0.283 e. The summed E-state index contributed by atoms with van der Waals surface area (Å²) in [5.41, 5.74) is 5.39. The van der Waals surface area contributed by atoms with Crippen molar-refractivity contribution in [1.29, 1.82) is 0 Å². The third kappa shape index (κ3) is 2.74.